The highest BCUT2D eigenvalue weighted by molar-refractivity contribution is 9.10. The van der Waals surface area contributed by atoms with Crippen LogP contribution in [0.1, 0.15) is 27.0 Å². The molecular formula is C15H12BrFO. The molecule has 0 aliphatic carbocycles. The zero-order chi connectivity index (χ0) is 13.3. The first-order valence-electron chi connectivity index (χ1n) is 5.56. The van der Waals surface area contributed by atoms with Gasteiger partial charge in [0.1, 0.15) is 5.82 Å². The van der Waals surface area contributed by atoms with E-state index in [0.717, 1.165) is 11.1 Å². The molecular weight excluding hydrogens is 295 g/mol. The van der Waals surface area contributed by atoms with Crippen molar-refractivity contribution >= 4 is 21.7 Å². The van der Waals surface area contributed by atoms with Crippen LogP contribution < -0.4 is 0 Å². The van der Waals surface area contributed by atoms with Gasteiger partial charge >= 0.3 is 0 Å². The van der Waals surface area contributed by atoms with Crippen molar-refractivity contribution in [3.8, 4) is 0 Å². The van der Waals surface area contributed by atoms with Gasteiger partial charge in [0.05, 0.1) is 0 Å². The summed E-state index contributed by atoms with van der Waals surface area (Å²) in [6, 6.07) is 9.74. The van der Waals surface area contributed by atoms with Crippen LogP contribution in [0.25, 0.3) is 0 Å². The van der Waals surface area contributed by atoms with E-state index in [2.05, 4.69) is 15.9 Å². The minimum Gasteiger partial charge on any atom is -0.289 e. The fraction of sp³-hybridized carbons (Fsp3) is 0.133. The number of halogens is 2. The molecule has 0 amide bonds. The third-order valence-corrected chi connectivity index (χ3v) is 3.49. The summed E-state index contributed by atoms with van der Waals surface area (Å²) in [7, 11) is 0. The van der Waals surface area contributed by atoms with Crippen molar-refractivity contribution < 1.29 is 9.18 Å². The average molecular weight is 307 g/mol. The lowest BCUT2D eigenvalue weighted by molar-refractivity contribution is 0.103. The second-order valence-electron chi connectivity index (χ2n) is 4.27. The largest absolute Gasteiger partial charge is 0.289 e. The van der Waals surface area contributed by atoms with Gasteiger partial charge in [0, 0.05) is 15.6 Å². The molecule has 0 saturated carbocycles. The number of carbonyl (C=O) groups is 1. The van der Waals surface area contributed by atoms with Crippen molar-refractivity contribution in [1.29, 1.82) is 0 Å². The van der Waals surface area contributed by atoms with Gasteiger partial charge in [-0.1, -0.05) is 39.7 Å². The zero-order valence-electron chi connectivity index (χ0n) is 10.1. The fourth-order valence-corrected chi connectivity index (χ4v) is 2.31. The second-order valence-corrected chi connectivity index (χ2v) is 5.13. The Balaban J connectivity index is 2.51. The maximum atomic E-state index is 13.2. The first kappa shape index (κ1) is 13.0. The molecule has 3 heteroatoms. The topological polar surface area (TPSA) is 17.1 Å². The Morgan fingerprint density at radius 3 is 2.44 bits per heavy atom. The first-order valence-corrected chi connectivity index (χ1v) is 6.35. The monoisotopic (exact) mass is 306 g/mol. The Kier molecular flexibility index (Phi) is 3.62. The van der Waals surface area contributed by atoms with Gasteiger partial charge < -0.3 is 0 Å². The summed E-state index contributed by atoms with van der Waals surface area (Å²) in [6.45, 7) is 3.85. The molecule has 0 aliphatic rings. The summed E-state index contributed by atoms with van der Waals surface area (Å²) in [6.07, 6.45) is 0. The van der Waals surface area contributed by atoms with Crippen molar-refractivity contribution in [1.82, 2.24) is 0 Å². The minimum atomic E-state index is -0.411. The smallest absolute Gasteiger partial charge is 0.194 e. The van der Waals surface area contributed by atoms with Crippen molar-refractivity contribution in [2.45, 2.75) is 13.8 Å². The summed E-state index contributed by atoms with van der Waals surface area (Å²) < 4.78 is 13.8. The highest BCUT2D eigenvalue weighted by Crippen LogP contribution is 2.23. The molecule has 0 N–H and O–H groups in total. The van der Waals surface area contributed by atoms with Crippen LogP contribution in [0.2, 0.25) is 0 Å². The number of carbonyl (C=O) groups excluding carboxylic acids is 1. The lowest BCUT2D eigenvalue weighted by atomic mass is 9.97. The Labute approximate surface area is 114 Å². The third kappa shape index (κ3) is 2.51. The van der Waals surface area contributed by atoms with Gasteiger partial charge in [0.25, 0.3) is 0 Å². The fourth-order valence-electron chi connectivity index (χ4n) is 1.88. The molecule has 0 radical (unpaired) electrons. The van der Waals surface area contributed by atoms with Gasteiger partial charge in [-0.2, -0.15) is 0 Å². The van der Waals surface area contributed by atoms with Crippen LogP contribution in [0.4, 0.5) is 4.39 Å². The molecule has 0 bridgehead atoms. The SMILES string of the molecule is Cc1ccc(C(=O)c2cc(F)ccc2Br)c(C)c1. The van der Waals surface area contributed by atoms with Crippen LogP contribution in [0.5, 0.6) is 0 Å². The predicted molar refractivity (Wildman–Crippen MR) is 73.4 cm³/mol. The Hall–Kier alpha value is -1.48. The predicted octanol–water partition coefficient (Wildman–Crippen LogP) is 4.44. The molecule has 0 saturated heterocycles. The minimum absolute atomic E-state index is 0.168. The maximum absolute atomic E-state index is 13.2. The summed E-state index contributed by atoms with van der Waals surface area (Å²) in [5.74, 6) is -0.579. The number of rotatable bonds is 2. The molecule has 1 nitrogen and oxygen atoms in total. The molecule has 2 aromatic rings. The van der Waals surface area contributed by atoms with E-state index in [1.54, 1.807) is 12.1 Å². The summed E-state index contributed by atoms with van der Waals surface area (Å²) in [5.41, 5.74) is 2.95. The number of benzene rings is 2. The summed E-state index contributed by atoms with van der Waals surface area (Å²) in [5, 5.41) is 0. The molecule has 2 rings (SSSR count). The van der Waals surface area contributed by atoms with E-state index in [4.69, 9.17) is 0 Å². The molecule has 0 heterocycles. The Bertz CT molecular complexity index is 620. The molecule has 0 unspecified atom stereocenters. The number of aryl methyl sites for hydroxylation is 2. The van der Waals surface area contributed by atoms with Crippen molar-refractivity contribution in [2.24, 2.45) is 0 Å². The highest BCUT2D eigenvalue weighted by Gasteiger charge is 2.15. The van der Waals surface area contributed by atoms with Gasteiger partial charge in [0.15, 0.2) is 5.78 Å². The van der Waals surface area contributed by atoms with Crippen LogP contribution in [0, 0.1) is 19.7 Å². The Morgan fingerprint density at radius 2 is 1.78 bits per heavy atom. The van der Waals surface area contributed by atoms with Gasteiger partial charge in [0.2, 0.25) is 0 Å². The van der Waals surface area contributed by atoms with Gasteiger partial charge in [-0.3, -0.25) is 4.79 Å². The van der Waals surface area contributed by atoms with E-state index >= 15 is 0 Å². The van der Waals surface area contributed by atoms with Crippen LogP contribution in [0.3, 0.4) is 0 Å². The molecule has 92 valence electrons. The van der Waals surface area contributed by atoms with E-state index < -0.39 is 5.82 Å². The first-order chi connectivity index (χ1) is 8.49. The molecule has 0 fully saturated rings. The summed E-state index contributed by atoms with van der Waals surface area (Å²) >= 11 is 3.28. The van der Waals surface area contributed by atoms with Crippen LogP contribution in [-0.4, -0.2) is 5.78 Å². The van der Waals surface area contributed by atoms with Gasteiger partial charge in [-0.05, 0) is 37.6 Å². The van der Waals surface area contributed by atoms with Crippen LogP contribution >= 0.6 is 15.9 Å². The van der Waals surface area contributed by atoms with Gasteiger partial charge in [-0.25, -0.2) is 4.39 Å². The molecule has 0 spiro atoms. The number of hydrogen-bond donors (Lipinski definition) is 0. The summed E-state index contributed by atoms with van der Waals surface area (Å²) in [4.78, 5) is 12.4. The second kappa shape index (κ2) is 5.02. The standard InChI is InChI=1S/C15H12BrFO/c1-9-3-5-12(10(2)7-9)15(18)13-8-11(17)4-6-14(13)16/h3-8H,1-2H3. The molecule has 0 aliphatic heterocycles. The zero-order valence-corrected chi connectivity index (χ0v) is 11.7. The maximum Gasteiger partial charge on any atom is 0.194 e. The Morgan fingerprint density at radius 1 is 1.06 bits per heavy atom. The van der Waals surface area contributed by atoms with E-state index in [-0.39, 0.29) is 5.78 Å². The van der Waals surface area contributed by atoms with E-state index in [0.29, 0.717) is 15.6 Å². The molecule has 2 aromatic carbocycles. The number of hydrogen-bond acceptors (Lipinski definition) is 1. The van der Waals surface area contributed by atoms with Crippen LogP contribution in [0.15, 0.2) is 40.9 Å². The van der Waals surface area contributed by atoms with Gasteiger partial charge in [-0.15, -0.1) is 0 Å². The quantitative estimate of drug-likeness (QED) is 0.750. The van der Waals surface area contributed by atoms with Crippen LogP contribution in [-0.2, 0) is 0 Å². The third-order valence-electron chi connectivity index (χ3n) is 2.80. The molecule has 0 aromatic heterocycles. The highest BCUT2D eigenvalue weighted by atomic mass is 79.9. The van der Waals surface area contributed by atoms with E-state index in [1.165, 1.54) is 12.1 Å². The van der Waals surface area contributed by atoms with Crippen molar-refractivity contribution in [3.63, 3.8) is 0 Å². The molecule has 0 atom stereocenters. The normalized spacial score (nSPS) is 10.4. The number of ketones is 1. The van der Waals surface area contributed by atoms with Crippen molar-refractivity contribution in [3.05, 3.63) is 68.9 Å². The van der Waals surface area contributed by atoms with Crippen molar-refractivity contribution in [2.75, 3.05) is 0 Å². The lowest BCUT2D eigenvalue weighted by Crippen LogP contribution is -2.05. The average Bonchev–Trinajstić information content (AvgIpc) is 2.31. The molecule has 18 heavy (non-hydrogen) atoms. The van der Waals surface area contributed by atoms with E-state index in [1.807, 2.05) is 26.0 Å². The van der Waals surface area contributed by atoms with E-state index in [9.17, 15) is 9.18 Å². The lowest BCUT2D eigenvalue weighted by Gasteiger charge is -2.08.